The molecule has 0 unspecified atom stereocenters. The average Bonchev–Trinajstić information content (AvgIpc) is 2.58. The number of aliphatic hydroxyl groups excluding tert-OH is 1. The highest BCUT2D eigenvalue weighted by Crippen LogP contribution is 2.20. The maximum absolute atomic E-state index is 11.9. The van der Waals surface area contributed by atoms with Crippen LogP contribution >= 0.6 is 0 Å². The molecule has 144 valence electrons. The molecule has 1 aromatic rings. The van der Waals surface area contributed by atoms with E-state index in [1.165, 1.54) is 13.8 Å². The first kappa shape index (κ1) is 21.6. The van der Waals surface area contributed by atoms with Crippen molar-refractivity contribution in [2.24, 2.45) is 0 Å². The maximum Gasteiger partial charge on any atom is 0.307 e. The number of aliphatic carboxylic acids is 1. The van der Waals surface area contributed by atoms with E-state index in [9.17, 15) is 19.5 Å². The van der Waals surface area contributed by atoms with Crippen LogP contribution in [0.4, 0.5) is 0 Å². The van der Waals surface area contributed by atoms with Gasteiger partial charge in [-0.05, 0) is 12.5 Å². The zero-order valence-corrected chi connectivity index (χ0v) is 14.8. The molecule has 0 radical (unpaired) electrons. The smallest absolute Gasteiger partial charge is 0.307 e. The van der Waals surface area contributed by atoms with E-state index in [2.05, 4.69) is 0 Å². The van der Waals surface area contributed by atoms with Crippen LogP contribution in [-0.2, 0) is 35.2 Å². The maximum atomic E-state index is 11.9. The lowest BCUT2D eigenvalue weighted by Gasteiger charge is -2.33. The molecule has 0 aromatic heterocycles. The van der Waals surface area contributed by atoms with Gasteiger partial charge in [-0.3, -0.25) is 14.4 Å². The molecule has 0 heterocycles. The molecule has 0 saturated heterocycles. The summed E-state index contributed by atoms with van der Waals surface area (Å²) in [5.41, 5.74) is -0.610. The molecule has 2 atom stereocenters. The fourth-order valence-electron chi connectivity index (χ4n) is 2.03. The Labute approximate surface area is 151 Å². The second kappa shape index (κ2) is 10.5. The zero-order chi connectivity index (χ0) is 19.6. The summed E-state index contributed by atoms with van der Waals surface area (Å²) in [5, 5.41) is 18.9. The van der Waals surface area contributed by atoms with E-state index < -0.39 is 29.6 Å². The van der Waals surface area contributed by atoms with Crippen LogP contribution in [0.1, 0.15) is 32.3 Å². The normalized spacial score (nSPS) is 14.1. The third kappa shape index (κ3) is 8.09. The molecule has 2 N–H and O–H groups in total. The van der Waals surface area contributed by atoms with E-state index in [-0.39, 0.29) is 32.7 Å². The number of hydrogen-bond acceptors (Lipinski definition) is 7. The average molecular weight is 368 g/mol. The zero-order valence-electron chi connectivity index (χ0n) is 14.8. The van der Waals surface area contributed by atoms with Crippen molar-refractivity contribution in [3.63, 3.8) is 0 Å². The number of carbonyl (C=O) groups excluding carboxylic acids is 2. The van der Waals surface area contributed by atoms with Gasteiger partial charge in [0, 0.05) is 6.92 Å². The number of aliphatic hydroxyl groups is 1. The highest BCUT2D eigenvalue weighted by atomic mass is 16.6. The van der Waals surface area contributed by atoms with Crippen molar-refractivity contribution in [3.05, 3.63) is 35.9 Å². The minimum atomic E-state index is -1.50. The van der Waals surface area contributed by atoms with Crippen molar-refractivity contribution < 1.29 is 38.8 Å². The van der Waals surface area contributed by atoms with E-state index in [1.54, 1.807) is 0 Å². The number of rotatable bonds is 11. The topological polar surface area (TPSA) is 119 Å². The molecule has 0 aliphatic heterocycles. The van der Waals surface area contributed by atoms with Crippen molar-refractivity contribution >= 4 is 17.9 Å². The molecule has 0 bridgehead atoms. The van der Waals surface area contributed by atoms with Crippen LogP contribution < -0.4 is 0 Å². The molecule has 0 spiro atoms. The summed E-state index contributed by atoms with van der Waals surface area (Å²) in [4.78, 5) is 33.4. The number of hydrogen-bond donors (Lipinski definition) is 2. The first-order valence-electron chi connectivity index (χ1n) is 8.09. The molecular weight excluding hydrogens is 344 g/mol. The third-order valence-electron chi connectivity index (χ3n) is 3.54. The summed E-state index contributed by atoms with van der Waals surface area (Å²) < 4.78 is 15.6. The standard InChI is InChI=1S/C18H24O8/c1-13(19)25-11-15(20)18(2,26-17(23)9-8-16(21)22)12-24-10-14-6-4-3-5-7-14/h3-7,15,20H,8-12H2,1-2H3,(H,21,22)/t15-,18+/m0/s1. The molecule has 1 aromatic carbocycles. The second-order valence-corrected chi connectivity index (χ2v) is 5.98. The van der Waals surface area contributed by atoms with Crippen LogP contribution in [-0.4, -0.2) is 53.0 Å². The molecule has 8 nitrogen and oxygen atoms in total. The number of benzene rings is 1. The molecule has 0 saturated carbocycles. The van der Waals surface area contributed by atoms with Gasteiger partial charge in [0.2, 0.25) is 0 Å². The van der Waals surface area contributed by atoms with Gasteiger partial charge in [0.25, 0.3) is 0 Å². The number of ether oxygens (including phenoxy) is 3. The fraction of sp³-hybridized carbons (Fsp3) is 0.500. The summed E-state index contributed by atoms with van der Waals surface area (Å²) in [6, 6.07) is 9.26. The molecule has 0 fully saturated rings. The van der Waals surface area contributed by atoms with Crippen molar-refractivity contribution in [2.75, 3.05) is 13.2 Å². The Morgan fingerprint density at radius 1 is 1.15 bits per heavy atom. The Balaban J connectivity index is 2.70. The van der Waals surface area contributed by atoms with Crippen LogP contribution in [0.5, 0.6) is 0 Å². The monoisotopic (exact) mass is 368 g/mol. The predicted molar refractivity (Wildman–Crippen MR) is 90.1 cm³/mol. The van der Waals surface area contributed by atoms with Crippen molar-refractivity contribution in [1.82, 2.24) is 0 Å². The second-order valence-electron chi connectivity index (χ2n) is 5.98. The lowest BCUT2D eigenvalue weighted by atomic mass is 10.00. The van der Waals surface area contributed by atoms with Gasteiger partial charge in [-0.1, -0.05) is 30.3 Å². The summed E-state index contributed by atoms with van der Waals surface area (Å²) in [7, 11) is 0. The SMILES string of the molecule is CC(=O)OC[C@H](O)[C@@](C)(COCc1ccccc1)OC(=O)CCC(=O)O. The van der Waals surface area contributed by atoms with Gasteiger partial charge in [-0.2, -0.15) is 0 Å². The largest absolute Gasteiger partial charge is 0.481 e. The number of esters is 2. The Kier molecular flexibility index (Phi) is 8.74. The Bertz CT molecular complexity index is 600. The predicted octanol–water partition coefficient (Wildman–Crippen LogP) is 1.29. The first-order valence-corrected chi connectivity index (χ1v) is 8.09. The van der Waals surface area contributed by atoms with Crippen molar-refractivity contribution in [3.8, 4) is 0 Å². The quantitative estimate of drug-likeness (QED) is 0.561. The van der Waals surface area contributed by atoms with E-state index in [4.69, 9.17) is 19.3 Å². The molecule has 26 heavy (non-hydrogen) atoms. The van der Waals surface area contributed by atoms with Crippen LogP contribution in [0.3, 0.4) is 0 Å². The Morgan fingerprint density at radius 3 is 2.38 bits per heavy atom. The molecule has 0 aliphatic carbocycles. The number of carbonyl (C=O) groups is 3. The van der Waals surface area contributed by atoms with Gasteiger partial charge in [0.1, 0.15) is 12.7 Å². The van der Waals surface area contributed by atoms with Crippen LogP contribution in [0, 0.1) is 0 Å². The lowest BCUT2D eigenvalue weighted by Crippen LogP contribution is -2.50. The Morgan fingerprint density at radius 2 is 1.81 bits per heavy atom. The van der Waals surface area contributed by atoms with E-state index >= 15 is 0 Å². The molecule has 0 aliphatic rings. The van der Waals surface area contributed by atoms with Gasteiger partial charge >= 0.3 is 17.9 Å². The van der Waals surface area contributed by atoms with Gasteiger partial charge in [0.15, 0.2) is 5.60 Å². The minimum absolute atomic E-state index is 0.164. The summed E-state index contributed by atoms with van der Waals surface area (Å²) in [5.74, 6) is -2.52. The molecule has 8 heteroatoms. The third-order valence-corrected chi connectivity index (χ3v) is 3.54. The van der Waals surface area contributed by atoms with Gasteiger partial charge in [-0.25, -0.2) is 0 Å². The summed E-state index contributed by atoms with van der Waals surface area (Å²) >= 11 is 0. The highest BCUT2D eigenvalue weighted by Gasteiger charge is 2.38. The van der Waals surface area contributed by atoms with Gasteiger partial charge in [0.05, 0.1) is 26.1 Å². The van der Waals surface area contributed by atoms with Crippen LogP contribution in [0.15, 0.2) is 30.3 Å². The Hall–Kier alpha value is -2.45. The molecular formula is C18H24O8. The van der Waals surface area contributed by atoms with Crippen molar-refractivity contribution in [1.29, 1.82) is 0 Å². The van der Waals surface area contributed by atoms with E-state index in [1.807, 2.05) is 30.3 Å². The van der Waals surface area contributed by atoms with Crippen molar-refractivity contribution in [2.45, 2.75) is 45.0 Å². The number of carboxylic acids is 1. The number of carboxylic acid groups (broad SMARTS) is 1. The van der Waals surface area contributed by atoms with E-state index in [0.717, 1.165) is 5.56 Å². The van der Waals surface area contributed by atoms with Crippen LogP contribution in [0.2, 0.25) is 0 Å². The van der Waals surface area contributed by atoms with Crippen LogP contribution in [0.25, 0.3) is 0 Å². The molecule has 1 rings (SSSR count). The van der Waals surface area contributed by atoms with Gasteiger partial charge in [-0.15, -0.1) is 0 Å². The van der Waals surface area contributed by atoms with Gasteiger partial charge < -0.3 is 24.4 Å². The summed E-state index contributed by atoms with van der Waals surface area (Å²) in [6.45, 7) is 2.30. The fourth-order valence-corrected chi connectivity index (χ4v) is 2.03. The highest BCUT2D eigenvalue weighted by molar-refractivity contribution is 5.76. The van der Waals surface area contributed by atoms with E-state index in [0.29, 0.717) is 0 Å². The summed E-state index contributed by atoms with van der Waals surface area (Å²) in [6.07, 6.45) is -2.07. The minimum Gasteiger partial charge on any atom is -0.481 e. The lowest BCUT2D eigenvalue weighted by molar-refractivity contribution is -0.189. The molecule has 0 amide bonds. The first-order chi connectivity index (χ1) is 12.2.